The summed E-state index contributed by atoms with van der Waals surface area (Å²) < 4.78 is 19.8. The van der Waals surface area contributed by atoms with Crippen LogP contribution in [-0.4, -0.2) is 36.9 Å². The molecular weight excluding hydrogens is 245 g/mol. The minimum atomic E-state index is -3.92. The number of aliphatic hydroxyl groups excluding tert-OH is 1. The third kappa shape index (κ3) is 12.3. The normalized spacial score (nSPS) is 15.6. The molecule has 0 aliphatic rings. The Hall–Kier alpha value is 0.0300. The fraction of sp³-hybridized carbons (Fsp3) is 1.00. The fourth-order valence-electron chi connectivity index (χ4n) is 1.06. The zero-order chi connectivity index (χ0) is 13.7. The lowest BCUT2D eigenvalue weighted by molar-refractivity contribution is 0.114. The molecule has 0 aliphatic heterocycles. The molecule has 0 rings (SSSR count). The van der Waals surface area contributed by atoms with Crippen molar-refractivity contribution >= 4 is 7.82 Å². The van der Waals surface area contributed by atoms with Gasteiger partial charge in [-0.25, -0.2) is 4.57 Å². The van der Waals surface area contributed by atoms with Crippen LogP contribution in [0.5, 0.6) is 0 Å². The maximum Gasteiger partial charge on any atom is 0.471 e. The summed E-state index contributed by atoms with van der Waals surface area (Å²) in [6, 6.07) is 0. The van der Waals surface area contributed by atoms with Gasteiger partial charge in [-0.2, -0.15) is 0 Å². The smallest absolute Gasteiger partial charge is 0.396 e. The summed E-state index contributed by atoms with van der Waals surface area (Å²) >= 11 is 0. The maximum atomic E-state index is 10.9. The molecular formula is C10H26NO5P. The Morgan fingerprint density at radius 1 is 1.35 bits per heavy atom. The molecule has 2 unspecified atom stereocenters. The zero-order valence-corrected chi connectivity index (χ0v) is 11.9. The van der Waals surface area contributed by atoms with E-state index in [9.17, 15) is 4.57 Å². The Balaban J connectivity index is 0. The van der Waals surface area contributed by atoms with E-state index < -0.39 is 7.82 Å². The summed E-state index contributed by atoms with van der Waals surface area (Å²) in [4.78, 5) is 8.95. The molecule has 0 aromatic carbocycles. The molecule has 106 valence electrons. The molecule has 0 aromatic heterocycles. The minimum absolute atomic E-state index is 0.0166. The molecule has 0 spiro atoms. The van der Waals surface area contributed by atoms with Crippen molar-refractivity contribution in [2.45, 2.75) is 33.1 Å². The number of unbranched alkanes of at least 4 members (excludes halogenated alkanes) is 1. The average molecular weight is 271 g/mol. The van der Waals surface area contributed by atoms with Gasteiger partial charge in [0.05, 0.1) is 6.61 Å². The SMILES string of the molecule is CC.COP(=O)(O)OCC(CO)CCCCN. The molecule has 4 N–H and O–H groups in total. The number of phosphoric ester groups is 1. The first-order valence-corrected chi connectivity index (χ1v) is 7.39. The summed E-state index contributed by atoms with van der Waals surface area (Å²) in [5.74, 6) is -0.146. The molecule has 0 saturated heterocycles. The van der Waals surface area contributed by atoms with Gasteiger partial charge < -0.3 is 15.7 Å². The van der Waals surface area contributed by atoms with Crippen LogP contribution in [0.1, 0.15) is 33.1 Å². The standard InChI is InChI=1S/C8H20NO5P.C2H6/c1-13-15(11,12)14-7-8(6-10)4-2-3-5-9;1-2/h8,10H,2-7,9H2,1H3,(H,11,12);1-2H3. The quantitative estimate of drug-likeness (QED) is 0.434. The maximum absolute atomic E-state index is 10.9. The largest absolute Gasteiger partial charge is 0.471 e. The summed E-state index contributed by atoms with van der Waals surface area (Å²) in [7, 11) is -2.81. The Kier molecular flexibility index (Phi) is 14.2. The summed E-state index contributed by atoms with van der Waals surface area (Å²) in [6.45, 7) is 4.55. The Bertz CT molecular complexity index is 203. The van der Waals surface area contributed by atoms with Crippen molar-refractivity contribution in [3.63, 3.8) is 0 Å². The van der Waals surface area contributed by atoms with Crippen LogP contribution in [0.4, 0.5) is 0 Å². The van der Waals surface area contributed by atoms with Crippen molar-refractivity contribution < 1.29 is 23.6 Å². The van der Waals surface area contributed by atoms with Crippen LogP contribution >= 0.6 is 7.82 Å². The van der Waals surface area contributed by atoms with Gasteiger partial charge in [0.2, 0.25) is 0 Å². The molecule has 7 heteroatoms. The van der Waals surface area contributed by atoms with Gasteiger partial charge in [-0.3, -0.25) is 9.05 Å². The third-order valence-corrected chi connectivity index (χ3v) is 2.97. The van der Waals surface area contributed by atoms with Gasteiger partial charge in [0.15, 0.2) is 0 Å². The molecule has 0 aromatic rings. The van der Waals surface area contributed by atoms with Gasteiger partial charge >= 0.3 is 7.82 Å². The van der Waals surface area contributed by atoms with Crippen molar-refractivity contribution in [3.8, 4) is 0 Å². The van der Waals surface area contributed by atoms with Gasteiger partial charge in [0, 0.05) is 19.6 Å². The second-order valence-electron chi connectivity index (χ2n) is 3.28. The predicted octanol–water partition coefficient (Wildman–Crippen LogP) is 1.51. The average Bonchev–Trinajstić information content (AvgIpc) is 2.36. The molecule has 0 fully saturated rings. The first-order valence-electron chi connectivity index (χ1n) is 5.89. The van der Waals surface area contributed by atoms with E-state index in [1.165, 1.54) is 0 Å². The first kappa shape index (κ1) is 19.4. The molecule has 0 aliphatic carbocycles. The zero-order valence-electron chi connectivity index (χ0n) is 11.0. The van der Waals surface area contributed by atoms with E-state index in [0.29, 0.717) is 6.54 Å². The second kappa shape index (κ2) is 12.5. The van der Waals surface area contributed by atoms with E-state index in [2.05, 4.69) is 9.05 Å². The topological polar surface area (TPSA) is 102 Å². The van der Waals surface area contributed by atoms with E-state index in [-0.39, 0.29) is 19.1 Å². The summed E-state index contributed by atoms with van der Waals surface area (Å²) in [5, 5.41) is 8.97. The Morgan fingerprint density at radius 3 is 2.35 bits per heavy atom. The van der Waals surface area contributed by atoms with Gasteiger partial charge in [-0.15, -0.1) is 0 Å². The number of aliphatic hydroxyl groups is 1. The van der Waals surface area contributed by atoms with Crippen LogP contribution < -0.4 is 5.73 Å². The van der Waals surface area contributed by atoms with E-state index in [1.54, 1.807) is 0 Å². The molecule has 0 bridgehead atoms. The summed E-state index contributed by atoms with van der Waals surface area (Å²) in [6.07, 6.45) is 2.46. The van der Waals surface area contributed by atoms with Crippen LogP contribution in [0.25, 0.3) is 0 Å². The highest BCUT2D eigenvalue weighted by Crippen LogP contribution is 2.42. The molecule has 0 heterocycles. The first-order chi connectivity index (χ1) is 8.05. The second-order valence-corrected chi connectivity index (χ2v) is 4.84. The highest BCUT2D eigenvalue weighted by Gasteiger charge is 2.20. The van der Waals surface area contributed by atoms with E-state index in [1.807, 2.05) is 13.8 Å². The van der Waals surface area contributed by atoms with Crippen molar-refractivity contribution in [3.05, 3.63) is 0 Å². The summed E-state index contributed by atoms with van der Waals surface area (Å²) in [5.41, 5.74) is 5.32. The number of phosphoric acid groups is 1. The third-order valence-electron chi connectivity index (χ3n) is 2.03. The van der Waals surface area contributed by atoms with Crippen LogP contribution in [0.2, 0.25) is 0 Å². The Labute approximate surface area is 104 Å². The van der Waals surface area contributed by atoms with Crippen molar-refractivity contribution in [1.29, 1.82) is 0 Å². The van der Waals surface area contributed by atoms with Crippen molar-refractivity contribution in [2.75, 3.05) is 26.9 Å². The highest BCUT2D eigenvalue weighted by atomic mass is 31.2. The van der Waals surface area contributed by atoms with Gasteiger partial charge in [0.1, 0.15) is 0 Å². The van der Waals surface area contributed by atoms with Crippen LogP contribution in [-0.2, 0) is 13.6 Å². The van der Waals surface area contributed by atoms with Gasteiger partial charge in [-0.05, 0) is 19.4 Å². The van der Waals surface area contributed by atoms with Crippen molar-refractivity contribution in [2.24, 2.45) is 11.7 Å². The Morgan fingerprint density at radius 2 is 1.94 bits per heavy atom. The van der Waals surface area contributed by atoms with E-state index >= 15 is 0 Å². The lowest BCUT2D eigenvalue weighted by atomic mass is 10.0. The van der Waals surface area contributed by atoms with Crippen LogP contribution in [0, 0.1) is 5.92 Å². The lowest BCUT2D eigenvalue weighted by Gasteiger charge is -2.15. The molecule has 2 atom stereocenters. The van der Waals surface area contributed by atoms with Crippen molar-refractivity contribution in [1.82, 2.24) is 0 Å². The fourth-order valence-corrected chi connectivity index (χ4v) is 1.56. The molecule has 0 saturated carbocycles. The molecule has 17 heavy (non-hydrogen) atoms. The van der Waals surface area contributed by atoms with E-state index in [0.717, 1.165) is 26.4 Å². The molecule has 6 nitrogen and oxygen atoms in total. The molecule has 0 radical (unpaired) electrons. The number of hydrogen-bond acceptors (Lipinski definition) is 5. The van der Waals surface area contributed by atoms with Crippen LogP contribution in [0.15, 0.2) is 0 Å². The van der Waals surface area contributed by atoms with E-state index in [4.69, 9.17) is 15.7 Å². The van der Waals surface area contributed by atoms with Gasteiger partial charge in [0.25, 0.3) is 0 Å². The lowest BCUT2D eigenvalue weighted by Crippen LogP contribution is -2.14. The number of nitrogens with two attached hydrogens (primary N) is 1. The monoisotopic (exact) mass is 271 g/mol. The highest BCUT2D eigenvalue weighted by molar-refractivity contribution is 7.47. The minimum Gasteiger partial charge on any atom is -0.396 e. The number of rotatable bonds is 9. The molecule has 0 amide bonds. The number of hydrogen-bond donors (Lipinski definition) is 3. The van der Waals surface area contributed by atoms with Gasteiger partial charge in [-0.1, -0.05) is 20.3 Å². The van der Waals surface area contributed by atoms with Crippen LogP contribution in [0.3, 0.4) is 0 Å². The predicted molar refractivity (Wildman–Crippen MR) is 67.6 cm³/mol.